The molecule has 3 nitrogen and oxygen atoms in total. The number of pyridine rings is 1. The fraction of sp³-hybridized carbons (Fsp3) is 0.286. The summed E-state index contributed by atoms with van der Waals surface area (Å²) in [5.41, 5.74) is 7.25. The predicted octanol–water partition coefficient (Wildman–Crippen LogP) is 3.93. The molecule has 3 heteroatoms. The number of nitrogens with one attached hydrogen (secondary N) is 1. The molecule has 122 valence electrons. The Balaban J connectivity index is 1.96. The van der Waals surface area contributed by atoms with Crippen molar-refractivity contribution in [3.05, 3.63) is 59.7 Å². The van der Waals surface area contributed by atoms with Crippen molar-refractivity contribution in [3.8, 4) is 11.3 Å². The molecule has 0 radical (unpaired) electrons. The van der Waals surface area contributed by atoms with Crippen LogP contribution in [0.1, 0.15) is 11.1 Å². The zero-order valence-electron chi connectivity index (χ0n) is 14.3. The lowest BCUT2D eigenvalue weighted by Gasteiger charge is -2.31. The molecule has 0 unspecified atom stereocenters. The van der Waals surface area contributed by atoms with Crippen molar-refractivity contribution in [1.82, 2.24) is 10.3 Å². The third-order valence-corrected chi connectivity index (χ3v) is 5.01. The van der Waals surface area contributed by atoms with Gasteiger partial charge in [-0.05, 0) is 31.0 Å². The van der Waals surface area contributed by atoms with E-state index in [0.29, 0.717) is 0 Å². The molecule has 2 aromatic carbocycles. The number of piperazine rings is 1. The first-order chi connectivity index (χ1) is 11.7. The van der Waals surface area contributed by atoms with Gasteiger partial charge in [-0.1, -0.05) is 42.5 Å². The van der Waals surface area contributed by atoms with Crippen LogP contribution in [0.25, 0.3) is 22.2 Å². The number of rotatable bonds is 2. The fourth-order valence-corrected chi connectivity index (χ4v) is 3.44. The number of fused-ring (bicyclic) bond motifs is 1. The van der Waals surface area contributed by atoms with Gasteiger partial charge in [0.25, 0.3) is 0 Å². The lowest BCUT2D eigenvalue weighted by molar-refractivity contribution is 0.590. The van der Waals surface area contributed by atoms with Gasteiger partial charge in [0.05, 0.1) is 11.2 Å². The van der Waals surface area contributed by atoms with Gasteiger partial charge in [0, 0.05) is 42.8 Å². The van der Waals surface area contributed by atoms with Gasteiger partial charge in [-0.25, -0.2) is 4.98 Å². The van der Waals surface area contributed by atoms with E-state index in [1.165, 1.54) is 27.8 Å². The van der Waals surface area contributed by atoms with Gasteiger partial charge in [0.1, 0.15) is 0 Å². The van der Waals surface area contributed by atoms with Crippen molar-refractivity contribution < 1.29 is 0 Å². The monoisotopic (exact) mass is 317 g/mol. The highest BCUT2D eigenvalue weighted by atomic mass is 15.2. The maximum atomic E-state index is 5.02. The zero-order valence-corrected chi connectivity index (χ0v) is 14.3. The van der Waals surface area contributed by atoms with Crippen LogP contribution >= 0.6 is 0 Å². The summed E-state index contributed by atoms with van der Waals surface area (Å²) in [6.07, 6.45) is 0. The molecule has 1 saturated heterocycles. The van der Waals surface area contributed by atoms with Crippen LogP contribution in [0.4, 0.5) is 5.69 Å². The van der Waals surface area contributed by atoms with Gasteiger partial charge in [-0.2, -0.15) is 0 Å². The Morgan fingerprint density at radius 3 is 2.46 bits per heavy atom. The quantitative estimate of drug-likeness (QED) is 0.776. The molecule has 0 amide bonds. The highest BCUT2D eigenvalue weighted by Gasteiger charge is 2.17. The zero-order chi connectivity index (χ0) is 16.5. The summed E-state index contributed by atoms with van der Waals surface area (Å²) in [6.45, 7) is 8.50. The number of nitrogens with zero attached hydrogens (tertiary/aromatic N) is 2. The van der Waals surface area contributed by atoms with Crippen LogP contribution in [0.3, 0.4) is 0 Å². The van der Waals surface area contributed by atoms with E-state index in [-0.39, 0.29) is 0 Å². The number of benzene rings is 2. The molecule has 1 aromatic heterocycles. The number of aromatic nitrogens is 1. The van der Waals surface area contributed by atoms with Gasteiger partial charge in [0.2, 0.25) is 0 Å². The van der Waals surface area contributed by atoms with E-state index in [1.54, 1.807) is 0 Å². The Morgan fingerprint density at radius 2 is 1.71 bits per heavy atom. The largest absolute Gasteiger partial charge is 0.368 e. The molecular weight excluding hydrogens is 294 g/mol. The summed E-state index contributed by atoms with van der Waals surface area (Å²) in [7, 11) is 0. The summed E-state index contributed by atoms with van der Waals surface area (Å²) in [5, 5.41) is 4.71. The van der Waals surface area contributed by atoms with Crippen molar-refractivity contribution in [2.75, 3.05) is 31.1 Å². The third-order valence-electron chi connectivity index (χ3n) is 5.01. The van der Waals surface area contributed by atoms with Gasteiger partial charge >= 0.3 is 0 Å². The molecule has 1 aliphatic heterocycles. The minimum atomic E-state index is 1.04. The minimum absolute atomic E-state index is 1.04. The standard InChI is InChI=1S/C21H23N3/c1-15-8-9-18-20(24-12-10-22-11-13-24)14-19(23-21(18)16(15)2)17-6-4-3-5-7-17/h3-9,14,22H,10-13H2,1-2H3. The molecule has 0 atom stereocenters. The van der Waals surface area contributed by atoms with E-state index in [4.69, 9.17) is 4.98 Å². The maximum Gasteiger partial charge on any atom is 0.0762 e. The Hall–Kier alpha value is -2.39. The molecule has 0 saturated carbocycles. The van der Waals surface area contributed by atoms with Crippen LogP contribution in [-0.4, -0.2) is 31.2 Å². The summed E-state index contributed by atoms with van der Waals surface area (Å²) in [4.78, 5) is 7.51. The molecule has 1 aliphatic rings. The van der Waals surface area contributed by atoms with Gasteiger partial charge in [0.15, 0.2) is 0 Å². The maximum absolute atomic E-state index is 5.02. The van der Waals surface area contributed by atoms with E-state index in [1.807, 2.05) is 0 Å². The summed E-state index contributed by atoms with van der Waals surface area (Å²) >= 11 is 0. The van der Waals surface area contributed by atoms with Gasteiger partial charge in [-0.3, -0.25) is 0 Å². The topological polar surface area (TPSA) is 28.2 Å². The second kappa shape index (κ2) is 6.25. The average molecular weight is 317 g/mol. The van der Waals surface area contributed by atoms with Gasteiger partial charge < -0.3 is 10.2 Å². The van der Waals surface area contributed by atoms with E-state index in [0.717, 1.165) is 37.4 Å². The van der Waals surface area contributed by atoms with Crippen LogP contribution < -0.4 is 10.2 Å². The smallest absolute Gasteiger partial charge is 0.0762 e. The summed E-state index contributed by atoms with van der Waals surface area (Å²) < 4.78 is 0. The van der Waals surface area contributed by atoms with Crippen molar-refractivity contribution in [3.63, 3.8) is 0 Å². The Kier molecular flexibility index (Phi) is 3.95. The molecule has 24 heavy (non-hydrogen) atoms. The fourth-order valence-electron chi connectivity index (χ4n) is 3.44. The summed E-state index contributed by atoms with van der Waals surface area (Å²) in [5.74, 6) is 0. The first-order valence-electron chi connectivity index (χ1n) is 8.66. The average Bonchev–Trinajstić information content (AvgIpc) is 2.65. The number of hydrogen-bond acceptors (Lipinski definition) is 3. The second-order valence-corrected chi connectivity index (χ2v) is 6.53. The molecule has 1 N–H and O–H groups in total. The molecule has 0 bridgehead atoms. The van der Waals surface area contributed by atoms with Crippen LogP contribution in [0.5, 0.6) is 0 Å². The van der Waals surface area contributed by atoms with E-state index in [2.05, 4.69) is 72.6 Å². The van der Waals surface area contributed by atoms with Crippen molar-refractivity contribution in [1.29, 1.82) is 0 Å². The SMILES string of the molecule is Cc1ccc2c(N3CCNCC3)cc(-c3ccccc3)nc2c1C. The van der Waals surface area contributed by atoms with Crippen molar-refractivity contribution >= 4 is 16.6 Å². The van der Waals surface area contributed by atoms with E-state index >= 15 is 0 Å². The highest BCUT2D eigenvalue weighted by molar-refractivity contribution is 5.96. The Bertz CT molecular complexity index is 865. The van der Waals surface area contributed by atoms with Crippen LogP contribution in [0.15, 0.2) is 48.5 Å². The predicted molar refractivity (Wildman–Crippen MR) is 102 cm³/mol. The van der Waals surface area contributed by atoms with E-state index in [9.17, 15) is 0 Å². The third kappa shape index (κ3) is 2.65. The first-order valence-corrected chi connectivity index (χ1v) is 8.66. The molecular formula is C21H23N3. The van der Waals surface area contributed by atoms with E-state index < -0.39 is 0 Å². The normalized spacial score (nSPS) is 15.0. The summed E-state index contributed by atoms with van der Waals surface area (Å²) in [6, 6.07) is 17.2. The van der Waals surface area contributed by atoms with Crippen LogP contribution in [0, 0.1) is 13.8 Å². The molecule has 0 spiro atoms. The molecule has 0 aliphatic carbocycles. The molecule has 1 fully saturated rings. The van der Waals surface area contributed by atoms with Gasteiger partial charge in [-0.15, -0.1) is 0 Å². The van der Waals surface area contributed by atoms with Crippen molar-refractivity contribution in [2.45, 2.75) is 13.8 Å². The minimum Gasteiger partial charge on any atom is -0.368 e. The Labute approximate surface area is 143 Å². The molecule has 3 aromatic rings. The Morgan fingerprint density at radius 1 is 0.958 bits per heavy atom. The number of hydrogen-bond donors (Lipinski definition) is 1. The molecule has 2 heterocycles. The van der Waals surface area contributed by atoms with Crippen molar-refractivity contribution in [2.24, 2.45) is 0 Å². The van der Waals surface area contributed by atoms with Crippen LogP contribution in [0.2, 0.25) is 0 Å². The lowest BCUT2D eigenvalue weighted by Crippen LogP contribution is -2.43. The van der Waals surface area contributed by atoms with Crippen LogP contribution in [-0.2, 0) is 0 Å². The number of anilines is 1. The second-order valence-electron chi connectivity index (χ2n) is 6.53. The molecule has 4 rings (SSSR count). The number of aryl methyl sites for hydroxylation is 2. The highest BCUT2D eigenvalue weighted by Crippen LogP contribution is 2.33. The lowest BCUT2D eigenvalue weighted by atomic mass is 10.0. The first kappa shape index (κ1) is 15.2.